The highest BCUT2D eigenvalue weighted by atomic mass is 16.5. The Bertz CT molecular complexity index is 494. The maximum atomic E-state index is 12.3. The number of ether oxygens (including phenoxy) is 1. The first-order valence-corrected chi connectivity index (χ1v) is 7.59. The van der Waals surface area contributed by atoms with Crippen LogP contribution in [0.15, 0.2) is 18.3 Å². The molecule has 0 aliphatic carbocycles. The number of nitrogen functional groups attached to an aromatic ring is 1. The predicted molar refractivity (Wildman–Crippen MR) is 81.0 cm³/mol. The Hall–Kier alpha value is -1.82. The zero-order chi connectivity index (χ0) is 14.7. The lowest BCUT2D eigenvalue weighted by atomic mass is 10.1. The van der Waals surface area contributed by atoms with Crippen molar-refractivity contribution in [2.45, 2.75) is 25.4 Å². The predicted octanol–water partition coefficient (Wildman–Crippen LogP) is 0.881. The molecule has 6 heteroatoms. The van der Waals surface area contributed by atoms with Gasteiger partial charge in [0.2, 0.25) is 5.91 Å². The maximum absolute atomic E-state index is 12.3. The maximum Gasteiger partial charge on any atom is 0.225 e. The van der Waals surface area contributed by atoms with Crippen molar-refractivity contribution in [3.8, 4) is 0 Å². The van der Waals surface area contributed by atoms with Crippen LogP contribution in [0.2, 0.25) is 0 Å². The molecule has 1 atom stereocenters. The van der Waals surface area contributed by atoms with E-state index in [1.165, 1.54) is 0 Å². The fraction of sp³-hybridized carbons (Fsp3) is 0.600. The number of amides is 1. The summed E-state index contributed by atoms with van der Waals surface area (Å²) in [5, 5.41) is 0. The van der Waals surface area contributed by atoms with Crippen molar-refractivity contribution >= 4 is 17.4 Å². The number of aromatic nitrogens is 1. The second-order valence-electron chi connectivity index (χ2n) is 5.62. The number of pyridine rings is 1. The Morgan fingerprint density at radius 1 is 1.38 bits per heavy atom. The van der Waals surface area contributed by atoms with Gasteiger partial charge in [-0.2, -0.15) is 0 Å². The second kappa shape index (κ2) is 6.30. The molecule has 0 saturated carbocycles. The first-order chi connectivity index (χ1) is 10.2. The number of hydrogen-bond acceptors (Lipinski definition) is 5. The number of carbonyl (C=O) groups excluding carboxylic acids is 1. The number of rotatable bonds is 3. The van der Waals surface area contributed by atoms with Gasteiger partial charge in [0.05, 0.1) is 18.2 Å². The molecule has 1 unspecified atom stereocenters. The Labute approximate surface area is 124 Å². The van der Waals surface area contributed by atoms with E-state index in [1.54, 1.807) is 6.20 Å². The Kier molecular flexibility index (Phi) is 4.24. The van der Waals surface area contributed by atoms with Crippen LogP contribution in [0.25, 0.3) is 0 Å². The van der Waals surface area contributed by atoms with Crippen LogP contribution in [-0.2, 0) is 9.53 Å². The second-order valence-corrected chi connectivity index (χ2v) is 5.62. The highest BCUT2D eigenvalue weighted by molar-refractivity contribution is 5.77. The van der Waals surface area contributed by atoms with Crippen LogP contribution < -0.4 is 10.6 Å². The topological polar surface area (TPSA) is 71.7 Å². The van der Waals surface area contributed by atoms with E-state index in [9.17, 15) is 4.79 Å². The quantitative estimate of drug-likeness (QED) is 0.895. The van der Waals surface area contributed by atoms with Crippen molar-refractivity contribution in [3.05, 3.63) is 18.3 Å². The molecule has 3 rings (SSSR count). The van der Waals surface area contributed by atoms with Crippen molar-refractivity contribution in [1.29, 1.82) is 0 Å². The molecule has 2 fully saturated rings. The standard InChI is InChI=1S/C15H22N4O2/c16-13-4-1-5-17-15(13)19-8-6-18(7-9-19)14(20)11-12-3-2-10-21-12/h1,4-5,12H,2-3,6-11,16H2. The van der Waals surface area contributed by atoms with Crippen molar-refractivity contribution in [2.24, 2.45) is 0 Å². The van der Waals surface area contributed by atoms with Gasteiger partial charge in [0, 0.05) is 39.0 Å². The molecular weight excluding hydrogens is 268 g/mol. The molecule has 2 aliphatic rings. The SMILES string of the molecule is Nc1cccnc1N1CCN(C(=O)CC2CCCO2)CC1. The lowest BCUT2D eigenvalue weighted by molar-refractivity contribution is -0.133. The van der Waals surface area contributed by atoms with Crippen molar-refractivity contribution in [3.63, 3.8) is 0 Å². The van der Waals surface area contributed by atoms with E-state index in [0.717, 1.165) is 51.4 Å². The molecular formula is C15H22N4O2. The molecule has 1 aromatic rings. The van der Waals surface area contributed by atoms with Crippen LogP contribution in [-0.4, -0.2) is 54.7 Å². The van der Waals surface area contributed by atoms with Crippen LogP contribution in [0.3, 0.4) is 0 Å². The molecule has 2 saturated heterocycles. The summed E-state index contributed by atoms with van der Waals surface area (Å²) in [6.07, 6.45) is 4.48. The Morgan fingerprint density at radius 2 is 2.19 bits per heavy atom. The van der Waals surface area contributed by atoms with Gasteiger partial charge >= 0.3 is 0 Å². The highest BCUT2D eigenvalue weighted by Crippen LogP contribution is 2.21. The number of nitrogens with two attached hydrogens (primary N) is 1. The fourth-order valence-corrected chi connectivity index (χ4v) is 2.97. The number of hydrogen-bond donors (Lipinski definition) is 1. The van der Waals surface area contributed by atoms with Crippen LogP contribution in [0.1, 0.15) is 19.3 Å². The summed E-state index contributed by atoms with van der Waals surface area (Å²) >= 11 is 0. The van der Waals surface area contributed by atoms with E-state index in [4.69, 9.17) is 10.5 Å². The normalized spacial score (nSPS) is 22.6. The monoisotopic (exact) mass is 290 g/mol. The summed E-state index contributed by atoms with van der Waals surface area (Å²) in [4.78, 5) is 20.7. The van der Waals surface area contributed by atoms with E-state index >= 15 is 0 Å². The van der Waals surface area contributed by atoms with E-state index in [-0.39, 0.29) is 12.0 Å². The van der Waals surface area contributed by atoms with E-state index in [2.05, 4.69) is 9.88 Å². The Morgan fingerprint density at radius 3 is 2.86 bits per heavy atom. The van der Waals surface area contributed by atoms with Crippen LogP contribution >= 0.6 is 0 Å². The van der Waals surface area contributed by atoms with Crippen LogP contribution in [0, 0.1) is 0 Å². The minimum atomic E-state index is 0.127. The zero-order valence-electron chi connectivity index (χ0n) is 12.2. The van der Waals surface area contributed by atoms with Gasteiger partial charge in [-0.05, 0) is 25.0 Å². The first-order valence-electron chi connectivity index (χ1n) is 7.59. The molecule has 1 aromatic heterocycles. The van der Waals surface area contributed by atoms with Gasteiger partial charge in [0.25, 0.3) is 0 Å². The summed E-state index contributed by atoms with van der Waals surface area (Å²) in [6.45, 7) is 3.80. The third-order valence-corrected chi connectivity index (χ3v) is 4.18. The number of piperazine rings is 1. The minimum Gasteiger partial charge on any atom is -0.396 e. The van der Waals surface area contributed by atoms with Crippen molar-refractivity contribution < 1.29 is 9.53 Å². The summed E-state index contributed by atoms with van der Waals surface area (Å²) in [5.74, 6) is 1.03. The van der Waals surface area contributed by atoms with E-state index in [0.29, 0.717) is 12.1 Å². The molecule has 3 heterocycles. The van der Waals surface area contributed by atoms with Gasteiger partial charge in [-0.25, -0.2) is 4.98 Å². The lowest BCUT2D eigenvalue weighted by Gasteiger charge is -2.36. The summed E-state index contributed by atoms with van der Waals surface area (Å²) in [6, 6.07) is 3.69. The van der Waals surface area contributed by atoms with Gasteiger partial charge in [-0.1, -0.05) is 0 Å². The van der Waals surface area contributed by atoms with E-state index in [1.807, 2.05) is 17.0 Å². The van der Waals surface area contributed by atoms with E-state index < -0.39 is 0 Å². The molecule has 2 aliphatic heterocycles. The molecule has 0 bridgehead atoms. The minimum absolute atomic E-state index is 0.127. The summed E-state index contributed by atoms with van der Waals surface area (Å²) in [7, 11) is 0. The lowest BCUT2D eigenvalue weighted by Crippen LogP contribution is -2.49. The van der Waals surface area contributed by atoms with Crippen molar-refractivity contribution in [2.75, 3.05) is 43.4 Å². The molecule has 2 N–H and O–H groups in total. The van der Waals surface area contributed by atoms with Gasteiger partial charge in [0.1, 0.15) is 0 Å². The average molecular weight is 290 g/mol. The van der Waals surface area contributed by atoms with Gasteiger partial charge in [0.15, 0.2) is 5.82 Å². The summed E-state index contributed by atoms with van der Waals surface area (Å²) in [5.41, 5.74) is 6.64. The van der Waals surface area contributed by atoms with Gasteiger partial charge in [-0.3, -0.25) is 4.79 Å². The molecule has 21 heavy (non-hydrogen) atoms. The zero-order valence-corrected chi connectivity index (χ0v) is 12.2. The third kappa shape index (κ3) is 3.26. The Balaban J connectivity index is 1.52. The molecule has 0 radical (unpaired) electrons. The van der Waals surface area contributed by atoms with Crippen LogP contribution in [0.4, 0.5) is 11.5 Å². The van der Waals surface area contributed by atoms with Gasteiger partial charge < -0.3 is 20.3 Å². The first kappa shape index (κ1) is 14.1. The van der Waals surface area contributed by atoms with Crippen molar-refractivity contribution in [1.82, 2.24) is 9.88 Å². The number of nitrogens with zero attached hydrogens (tertiary/aromatic N) is 3. The third-order valence-electron chi connectivity index (χ3n) is 4.18. The smallest absolute Gasteiger partial charge is 0.225 e. The summed E-state index contributed by atoms with van der Waals surface area (Å²) < 4.78 is 5.54. The molecule has 1 amide bonds. The highest BCUT2D eigenvalue weighted by Gasteiger charge is 2.26. The van der Waals surface area contributed by atoms with Crippen LogP contribution in [0.5, 0.6) is 0 Å². The molecule has 6 nitrogen and oxygen atoms in total. The number of carbonyl (C=O) groups is 1. The molecule has 0 aromatic carbocycles. The molecule has 114 valence electrons. The number of anilines is 2. The average Bonchev–Trinajstić information content (AvgIpc) is 3.01. The fourth-order valence-electron chi connectivity index (χ4n) is 2.97. The van der Waals surface area contributed by atoms with Gasteiger partial charge in [-0.15, -0.1) is 0 Å². The largest absolute Gasteiger partial charge is 0.396 e. The molecule has 0 spiro atoms.